The molecule has 3 nitrogen and oxygen atoms in total. The summed E-state index contributed by atoms with van der Waals surface area (Å²) in [5.74, 6) is 3.40. The van der Waals surface area contributed by atoms with E-state index in [0.717, 1.165) is 47.6 Å². The van der Waals surface area contributed by atoms with Crippen LogP contribution in [0.1, 0.15) is 88.1 Å². The summed E-state index contributed by atoms with van der Waals surface area (Å²) < 4.78 is 0. The molecule has 4 fully saturated rings. The summed E-state index contributed by atoms with van der Waals surface area (Å²) >= 11 is 1.67. The molecule has 0 spiro atoms. The van der Waals surface area contributed by atoms with Gasteiger partial charge in [-0.25, -0.2) is 0 Å². The predicted molar refractivity (Wildman–Crippen MR) is 118 cm³/mol. The lowest BCUT2D eigenvalue weighted by Gasteiger charge is -2.56. The third-order valence-electron chi connectivity index (χ3n) is 8.56. The molecule has 1 unspecified atom stereocenters. The SMILES string of the molecule is CC(C)(C)C1CCc2c(sc(NC(=O)CC34CC5CC(CC(C5)C3)C4)c2C#N)C1. The zero-order valence-electron chi connectivity index (χ0n) is 18.1. The van der Waals surface area contributed by atoms with Crippen molar-refractivity contribution in [3.63, 3.8) is 0 Å². The molecule has 0 aliphatic heterocycles. The molecular formula is C25H34N2OS. The fourth-order valence-electron chi connectivity index (χ4n) is 7.55. The molecule has 1 aromatic rings. The van der Waals surface area contributed by atoms with Gasteiger partial charge < -0.3 is 5.32 Å². The monoisotopic (exact) mass is 410 g/mol. The normalized spacial score (nSPS) is 35.2. The van der Waals surface area contributed by atoms with E-state index in [0.29, 0.717) is 12.3 Å². The number of thiophene rings is 1. The smallest absolute Gasteiger partial charge is 0.225 e. The van der Waals surface area contributed by atoms with Gasteiger partial charge >= 0.3 is 0 Å². The first-order chi connectivity index (χ1) is 13.7. The van der Waals surface area contributed by atoms with Gasteiger partial charge in [0.1, 0.15) is 11.1 Å². The molecule has 5 aliphatic rings. The van der Waals surface area contributed by atoms with E-state index in [4.69, 9.17) is 0 Å². The number of nitrogens with one attached hydrogen (secondary N) is 1. The van der Waals surface area contributed by atoms with Crippen LogP contribution in [0.2, 0.25) is 0 Å². The molecule has 0 aromatic carbocycles. The molecule has 0 saturated heterocycles. The van der Waals surface area contributed by atoms with Gasteiger partial charge in [-0.3, -0.25) is 4.79 Å². The highest BCUT2D eigenvalue weighted by Crippen LogP contribution is 2.61. The predicted octanol–water partition coefficient (Wildman–Crippen LogP) is 6.32. The minimum Gasteiger partial charge on any atom is -0.317 e. The number of hydrogen-bond donors (Lipinski definition) is 1. The number of nitrogens with zero attached hydrogens (tertiary/aromatic N) is 1. The van der Waals surface area contributed by atoms with Crippen molar-refractivity contribution in [1.29, 1.82) is 5.26 Å². The molecule has 4 heteroatoms. The van der Waals surface area contributed by atoms with E-state index in [9.17, 15) is 10.1 Å². The first-order valence-corrected chi connectivity index (χ1v) is 12.4. The van der Waals surface area contributed by atoms with Gasteiger partial charge in [-0.1, -0.05) is 20.8 Å². The molecule has 4 bridgehead atoms. The highest BCUT2D eigenvalue weighted by atomic mass is 32.1. The topological polar surface area (TPSA) is 52.9 Å². The van der Waals surface area contributed by atoms with Gasteiger partial charge in [-0.15, -0.1) is 11.3 Å². The van der Waals surface area contributed by atoms with E-state index in [2.05, 4.69) is 32.2 Å². The average molecular weight is 411 g/mol. The van der Waals surface area contributed by atoms with Crippen LogP contribution in [0.15, 0.2) is 0 Å². The Balaban J connectivity index is 1.32. The van der Waals surface area contributed by atoms with Crippen LogP contribution in [-0.2, 0) is 17.6 Å². The summed E-state index contributed by atoms with van der Waals surface area (Å²) in [4.78, 5) is 14.4. The van der Waals surface area contributed by atoms with Gasteiger partial charge in [0, 0.05) is 11.3 Å². The Morgan fingerprint density at radius 2 is 1.79 bits per heavy atom. The van der Waals surface area contributed by atoms with Crippen molar-refractivity contribution in [2.45, 2.75) is 85.0 Å². The van der Waals surface area contributed by atoms with Crippen LogP contribution in [-0.4, -0.2) is 5.91 Å². The second-order valence-electron chi connectivity index (χ2n) is 11.8. The van der Waals surface area contributed by atoms with Crippen molar-refractivity contribution in [2.24, 2.45) is 34.5 Å². The largest absolute Gasteiger partial charge is 0.317 e. The molecule has 1 atom stereocenters. The Hall–Kier alpha value is -1.34. The first-order valence-electron chi connectivity index (χ1n) is 11.6. The lowest BCUT2D eigenvalue weighted by Crippen LogP contribution is -2.47. The lowest BCUT2D eigenvalue weighted by molar-refractivity contribution is -0.124. The Bertz CT molecular complexity index is 833. The van der Waals surface area contributed by atoms with Crippen molar-refractivity contribution in [2.75, 3.05) is 5.32 Å². The molecule has 1 N–H and O–H groups in total. The number of carbonyl (C=O) groups excluding carboxylic acids is 1. The third-order valence-corrected chi connectivity index (χ3v) is 9.73. The molecule has 6 rings (SSSR count). The van der Waals surface area contributed by atoms with Crippen molar-refractivity contribution in [3.05, 3.63) is 16.0 Å². The molecule has 1 heterocycles. The zero-order valence-corrected chi connectivity index (χ0v) is 19.0. The molecule has 5 aliphatic carbocycles. The minimum atomic E-state index is 0.148. The van der Waals surface area contributed by atoms with Crippen LogP contribution in [0, 0.1) is 45.8 Å². The standard InChI is InChI=1S/C25H34N2OS/c1-24(2,3)18-4-5-19-20(14-26)23(29-21(19)9-18)27-22(28)13-25-10-15-6-16(11-25)8-17(7-15)12-25/h15-18H,4-13H2,1-3H3,(H,27,28). The first kappa shape index (κ1) is 19.6. The summed E-state index contributed by atoms with van der Waals surface area (Å²) in [5.41, 5.74) is 2.50. The van der Waals surface area contributed by atoms with Crippen molar-refractivity contribution in [1.82, 2.24) is 0 Å². The fourth-order valence-corrected chi connectivity index (χ4v) is 8.84. The summed E-state index contributed by atoms with van der Waals surface area (Å²) in [7, 11) is 0. The highest BCUT2D eigenvalue weighted by molar-refractivity contribution is 7.16. The van der Waals surface area contributed by atoms with Crippen LogP contribution >= 0.6 is 11.3 Å². The quantitative estimate of drug-likeness (QED) is 0.634. The molecule has 4 saturated carbocycles. The number of hydrogen-bond acceptors (Lipinski definition) is 3. The number of carbonyl (C=O) groups is 1. The van der Waals surface area contributed by atoms with Gasteiger partial charge in [0.05, 0.1) is 5.56 Å². The van der Waals surface area contributed by atoms with Crippen LogP contribution in [0.5, 0.6) is 0 Å². The Labute approximate surface area is 179 Å². The molecule has 156 valence electrons. The van der Waals surface area contributed by atoms with Crippen LogP contribution < -0.4 is 5.32 Å². The second kappa shape index (κ2) is 6.84. The lowest BCUT2D eigenvalue weighted by atomic mass is 9.49. The summed E-state index contributed by atoms with van der Waals surface area (Å²) in [5, 5.41) is 13.8. The van der Waals surface area contributed by atoms with E-state index in [-0.39, 0.29) is 16.7 Å². The summed E-state index contributed by atoms with van der Waals surface area (Å²) in [6.45, 7) is 6.95. The van der Waals surface area contributed by atoms with E-state index < -0.39 is 0 Å². The van der Waals surface area contributed by atoms with E-state index in [1.165, 1.54) is 49.0 Å². The number of nitriles is 1. The Morgan fingerprint density at radius 1 is 1.17 bits per heavy atom. The van der Waals surface area contributed by atoms with Crippen molar-refractivity contribution >= 4 is 22.2 Å². The van der Waals surface area contributed by atoms with Crippen molar-refractivity contribution < 1.29 is 4.79 Å². The van der Waals surface area contributed by atoms with Gasteiger partial charge in [0.2, 0.25) is 5.91 Å². The minimum absolute atomic E-state index is 0.148. The maximum absolute atomic E-state index is 13.1. The van der Waals surface area contributed by atoms with Crippen molar-refractivity contribution in [3.8, 4) is 6.07 Å². The molecule has 1 amide bonds. The van der Waals surface area contributed by atoms with Gasteiger partial charge in [0.15, 0.2) is 0 Å². The summed E-state index contributed by atoms with van der Waals surface area (Å²) in [6, 6.07) is 2.42. The number of anilines is 1. The Kier molecular flexibility index (Phi) is 4.63. The van der Waals surface area contributed by atoms with Gasteiger partial charge in [-0.2, -0.15) is 5.26 Å². The molecule has 29 heavy (non-hydrogen) atoms. The summed E-state index contributed by atoms with van der Waals surface area (Å²) in [6.07, 6.45) is 11.8. The third kappa shape index (κ3) is 3.54. The Morgan fingerprint density at radius 3 is 2.34 bits per heavy atom. The highest BCUT2D eigenvalue weighted by Gasteiger charge is 2.51. The van der Waals surface area contributed by atoms with Gasteiger partial charge in [-0.05, 0) is 97.9 Å². The van der Waals surface area contributed by atoms with E-state index in [1.54, 1.807) is 11.3 Å². The maximum atomic E-state index is 13.1. The zero-order chi connectivity index (χ0) is 20.4. The van der Waals surface area contributed by atoms with E-state index >= 15 is 0 Å². The maximum Gasteiger partial charge on any atom is 0.225 e. The molecule has 0 radical (unpaired) electrons. The van der Waals surface area contributed by atoms with E-state index in [1.807, 2.05) is 0 Å². The van der Waals surface area contributed by atoms with Crippen LogP contribution in [0.4, 0.5) is 5.00 Å². The van der Waals surface area contributed by atoms with Gasteiger partial charge in [0.25, 0.3) is 0 Å². The number of amides is 1. The fraction of sp³-hybridized carbons (Fsp3) is 0.760. The number of rotatable bonds is 3. The second-order valence-corrected chi connectivity index (χ2v) is 12.9. The van der Waals surface area contributed by atoms with Crippen LogP contribution in [0.3, 0.4) is 0 Å². The van der Waals surface area contributed by atoms with Crippen LogP contribution in [0.25, 0.3) is 0 Å². The number of fused-ring (bicyclic) bond motifs is 1. The molecule has 1 aromatic heterocycles. The average Bonchev–Trinajstić information content (AvgIpc) is 2.95. The molecular weight excluding hydrogens is 376 g/mol.